The summed E-state index contributed by atoms with van der Waals surface area (Å²) < 4.78 is 3.08. The fourth-order valence-corrected chi connectivity index (χ4v) is 3.12. The Bertz CT molecular complexity index is 309. The van der Waals surface area contributed by atoms with E-state index in [0.717, 1.165) is 4.21 Å². The fraction of sp³-hybridized carbons (Fsp3) is 0.500. The average Bonchev–Trinajstić information content (AvgIpc) is 2.89. The number of rotatable bonds is 3. The predicted octanol–water partition coefficient (Wildman–Crippen LogP) is 2.14. The van der Waals surface area contributed by atoms with Gasteiger partial charge in [-0.3, -0.25) is 0 Å². The molecule has 5 heteroatoms. The summed E-state index contributed by atoms with van der Waals surface area (Å²) in [5.41, 5.74) is 6.02. The molecule has 3 nitrogen and oxygen atoms in total. The highest BCUT2D eigenvalue weighted by Crippen LogP contribution is 2.43. The van der Waals surface area contributed by atoms with Crippen molar-refractivity contribution in [3.05, 3.63) is 5.38 Å². The Balaban J connectivity index is 2.03. The van der Waals surface area contributed by atoms with Crippen molar-refractivity contribution in [2.45, 2.75) is 23.1 Å². The zero-order chi connectivity index (χ0) is 9.42. The average molecular weight is 216 g/mol. The third-order valence-corrected chi connectivity index (χ3v) is 4.28. The van der Waals surface area contributed by atoms with Crippen LogP contribution in [0, 0.1) is 0 Å². The first-order valence-electron chi connectivity index (χ1n) is 4.15. The minimum absolute atomic E-state index is 0.238. The summed E-state index contributed by atoms with van der Waals surface area (Å²) >= 11 is 3.08. The Hall–Kier alpha value is -0.390. The van der Waals surface area contributed by atoms with Gasteiger partial charge >= 0.3 is 0 Å². The van der Waals surface area contributed by atoms with E-state index >= 15 is 0 Å². The molecule has 2 rings (SSSR count). The molecule has 1 aliphatic carbocycles. The summed E-state index contributed by atoms with van der Waals surface area (Å²) in [4.78, 5) is 0. The topological polar surface area (TPSA) is 49.5 Å². The summed E-state index contributed by atoms with van der Waals surface area (Å²) in [5.74, 6) is 0.238. The Morgan fingerprint density at radius 2 is 2.38 bits per heavy atom. The van der Waals surface area contributed by atoms with Crippen LogP contribution in [0.5, 0.6) is 5.75 Å². The van der Waals surface area contributed by atoms with Gasteiger partial charge in [0, 0.05) is 11.4 Å². The van der Waals surface area contributed by atoms with Crippen LogP contribution in [-0.2, 0) is 0 Å². The van der Waals surface area contributed by atoms with Crippen molar-refractivity contribution in [1.29, 1.82) is 0 Å². The van der Waals surface area contributed by atoms with Crippen LogP contribution in [0.2, 0.25) is 0 Å². The lowest BCUT2D eigenvalue weighted by Gasteiger charge is -2.12. The molecule has 0 unspecified atom stereocenters. The monoisotopic (exact) mass is 216 g/mol. The lowest BCUT2D eigenvalue weighted by molar-refractivity contribution is 0.468. The van der Waals surface area contributed by atoms with E-state index in [-0.39, 0.29) is 5.75 Å². The number of nitrogens with two attached hydrogens (primary N) is 1. The lowest BCUT2D eigenvalue weighted by atomic mass is 10.5. The highest BCUT2D eigenvalue weighted by molar-refractivity contribution is 7.99. The molecule has 72 valence electrons. The van der Waals surface area contributed by atoms with E-state index in [0.29, 0.717) is 11.7 Å². The number of aromatic hydroxyl groups is 1. The normalized spacial score (nSPS) is 16.8. The number of hydrogen-bond acceptors (Lipinski definition) is 5. The summed E-state index contributed by atoms with van der Waals surface area (Å²) in [5, 5.41) is 11.3. The molecule has 1 aromatic rings. The second kappa shape index (κ2) is 3.40. The molecular formula is C8H12N2OS2. The molecule has 0 amide bonds. The van der Waals surface area contributed by atoms with Crippen LogP contribution >= 0.6 is 23.3 Å². The van der Waals surface area contributed by atoms with Gasteiger partial charge in [-0.15, -0.1) is 11.3 Å². The van der Waals surface area contributed by atoms with E-state index in [2.05, 4.69) is 11.4 Å². The second-order valence-corrected chi connectivity index (χ2v) is 5.50. The maximum absolute atomic E-state index is 9.53. The molecule has 3 N–H and O–H groups in total. The first-order valence-corrected chi connectivity index (χ1v) is 5.80. The molecule has 0 spiro atoms. The van der Waals surface area contributed by atoms with Gasteiger partial charge in [-0.2, -0.15) is 0 Å². The van der Waals surface area contributed by atoms with E-state index in [4.69, 9.17) is 5.73 Å². The van der Waals surface area contributed by atoms with Crippen LogP contribution in [0.3, 0.4) is 0 Å². The standard InChI is InChI=1S/C8H12N2OS2/c1-10(5-2-3-5)13-8-7(11)6(9)4-12-8/h4-5,11H,2-3,9H2,1H3. The maximum atomic E-state index is 9.53. The molecule has 0 atom stereocenters. The Morgan fingerprint density at radius 3 is 2.85 bits per heavy atom. The molecule has 1 saturated carbocycles. The molecule has 13 heavy (non-hydrogen) atoms. The van der Waals surface area contributed by atoms with Crippen molar-refractivity contribution in [2.75, 3.05) is 12.8 Å². The molecule has 1 aliphatic rings. The van der Waals surface area contributed by atoms with Gasteiger partial charge in [0.2, 0.25) is 0 Å². The van der Waals surface area contributed by atoms with E-state index < -0.39 is 0 Å². The van der Waals surface area contributed by atoms with Crippen molar-refractivity contribution in [1.82, 2.24) is 4.31 Å². The van der Waals surface area contributed by atoms with Gasteiger partial charge in [0.15, 0.2) is 5.75 Å². The van der Waals surface area contributed by atoms with Gasteiger partial charge in [0.05, 0.1) is 5.69 Å². The third kappa shape index (κ3) is 1.92. The highest BCUT2D eigenvalue weighted by Gasteiger charge is 2.27. The van der Waals surface area contributed by atoms with Crippen molar-refractivity contribution in [3.8, 4) is 5.75 Å². The van der Waals surface area contributed by atoms with E-state index in [9.17, 15) is 5.11 Å². The molecule has 1 aromatic heterocycles. The molecule has 0 aromatic carbocycles. The van der Waals surface area contributed by atoms with Crippen LogP contribution in [0.4, 0.5) is 5.69 Å². The molecule has 0 aliphatic heterocycles. The Kier molecular flexibility index (Phi) is 2.40. The van der Waals surface area contributed by atoms with Crippen molar-refractivity contribution < 1.29 is 5.11 Å². The van der Waals surface area contributed by atoms with Crippen molar-refractivity contribution >= 4 is 29.0 Å². The van der Waals surface area contributed by atoms with Crippen molar-refractivity contribution in [2.24, 2.45) is 0 Å². The Labute approximate surface area is 85.7 Å². The van der Waals surface area contributed by atoms with Gasteiger partial charge in [0.1, 0.15) is 4.21 Å². The molecule has 1 heterocycles. The summed E-state index contributed by atoms with van der Waals surface area (Å²) in [6.45, 7) is 0. The van der Waals surface area contributed by atoms with Crippen LogP contribution < -0.4 is 5.73 Å². The zero-order valence-electron chi connectivity index (χ0n) is 7.36. The molecule has 0 saturated heterocycles. The predicted molar refractivity (Wildman–Crippen MR) is 57.0 cm³/mol. The smallest absolute Gasteiger partial charge is 0.164 e. The van der Waals surface area contributed by atoms with E-state index in [1.165, 1.54) is 24.2 Å². The molecule has 0 bridgehead atoms. The second-order valence-electron chi connectivity index (χ2n) is 3.20. The summed E-state index contributed by atoms with van der Waals surface area (Å²) in [6.07, 6.45) is 2.54. The third-order valence-electron chi connectivity index (χ3n) is 2.05. The maximum Gasteiger partial charge on any atom is 0.164 e. The SMILES string of the molecule is CN(Sc1scc(N)c1O)C1CC1. The van der Waals surface area contributed by atoms with E-state index in [1.54, 1.807) is 17.3 Å². The fourth-order valence-electron chi connectivity index (χ4n) is 1.05. The first-order chi connectivity index (χ1) is 6.18. The van der Waals surface area contributed by atoms with E-state index in [1.807, 2.05) is 0 Å². The largest absolute Gasteiger partial charge is 0.504 e. The number of nitrogen functional groups attached to an aromatic ring is 1. The van der Waals surface area contributed by atoms with Crippen LogP contribution in [-0.4, -0.2) is 22.5 Å². The Morgan fingerprint density at radius 1 is 1.69 bits per heavy atom. The van der Waals surface area contributed by atoms with Gasteiger partial charge in [-0.1, -0.05) is 0 Å². The number of hydrogen-bond donors (Lipinski definition) is 2. The number of thiophene rings is 1. The van der Waals surface area contributed by atoms with Crippen molar-refractivity contribution in [3.63, 3.8) is 0 Å². The quantitative estimate of drug-likeness (QED) is 0.760. The first kappa shape index (κ1) is 9.18. The molecular weight excluding hydrogens is 204 g/mol. The summed E-state index contributed by atoms with van der Waals surface area (Å²) in [7, 11) is 2.05. The number of nitrogens with zero attached hydrogens (tertiary/aromatic N) is 1. The minimum atomic E-state index is 0.238. The summed E-state index contributed by atoms with van der Waals surface area (Å²) in [6, 6.07) is 0.688. The minimum Gasteiger partial charge on any atom is -0.504 e. The molecule has 0 radical (unpaired) electrons. The van der Waals surface area contributed by atoms with Gasteiger partial charge in [0.25, 0.3) is 0 Å². The molecule has 1 fully saturated rings. The van der Waals surface area contributed by atoms with Gasteiger partial charge < -0.3 is 10.8 Å². The zero-order valence-corrected chi connectivity index (χ0v) is 8.99. The van der Waals surface area contributed by atoms with Gasteiger partial charge in [-0.25, -0.2) is 4.31 Å². The lowest BCUT2D eigenvalue weighted by Crippen LogP contribution is -2.10. The highest BCUT2D eigenvalue weighted by atomic mass is 32.2. The van der Waals surface area contributed by atoms with Crippen LogP contribution in [0.15, 0.2) is 9.59 Å². The number of anilines is 1. The van der Waals surface area contributed by atoms with Crippen LogP contribution in [0.1, 0.15) is 12.8 Å². The van der Waals surface area contributed by atoms with Gasteiger partial charge in [-0.05, 0) is 31.8 Å². The van der Waals surface area contributed by atoms with Crippen LogP contribution in [0.25, 0.3) is 0 Å².